The van der Waals surface area contributed by atoms with Crippen molar-refractivity contribution < 1.29 is 23.9 Å². The number of benzene rings is 2. The maximum absolute atomic E-state index is 12.6. The number of anilines is 1. The number of hydrogen-bond acceptors (Lipinski definition) is 8. The summed E-state index contributed by atoms with van der Waals surface area (Å²) in [5, 5.41) is 12.2. The second-order valence-electron chi connectivity index (χ2n) is 6.64. The van der Waals surface area contributed by atoms with Crippen LogP contribution in [0.2, 0.25) is 5.02 Å². The van der Waals surface area contributed by atoms with E-state index in [-0.39, 0.29) is 22.6 Å². The van der Waals surface area contributed by atoms with E-state index in [1.54, 1.807) is 12.1 Å². The van der Waals surface area contributed by atoms with Crippen molar-refractivity contribution >= 4 is 46.9 Å². The van der Waals surface area contributed by atoms with Gasteiger partial charge in [-0.1, -0.05) is 35.5 Å². The van der Waals surface area contributed by atoms with Crippen molar-refractivity contribution in [3.8, 4) is 11.4 Å². The van der Waals surface area contributed by atoms with Crippen molar-refractivity contribution in [3.05, 3.63) is 58.6 Å². The number of ether oxygens (including phenoxy) is 2. The molecule has 1 amide bonds. The summed E-state index contributed by atoms with van der Waals surface area (Å²) in [6, 6.07) is 11.5. The highest BCUT2D eigenvalue weighted by Gasteiger charge is 2.19. The Kier molecular flexibility index (Phi) is 8.07. The SMILES string of the molecule is CCn1c(SCC(=O)Nc2cc(C(=O)OC)ccc2C(=O)OC)nnc1-c1cccc(Cl)c1. The Hall–Kier alpha value is -3.37. The second-order valence-corrected chi connectivity index (χ2v) is 8.02. The summed E-state index contributed by atoms with van der Waals surface area (Å²) >= 11 is 7.27. The van der Waals surface area contributed by atoms with Gasteiger partial charge in [-0.2, -0.15) is 0 Å². The third-order valence-corrected chi connectivity index (χ3v) is 5.77. The van der Waals surface area contributed by atoms with Crippen LogP contribution in [0.25, 0.3) is 11.4 Å². The monoisotopic (exact) mass is 488 g/mol. The molecule has 0 radical (unpaired) electrons. The first-order valence-electron chi connectivity index (χ1n) is 9.80. The van der Waals surface area contributed by atoms with E-state index >= 15 is 0 Å². The Labute approximate surface area is 199 Å². The summed E-state index contributed by atoms with van der Waals surface area (Å²) < 4.78 is 11.3. The van der Waals surface area contributed by atoms with Gasteiger partial charge < -0.3 is 19.4 Å². The molecular formula is C22H21ClN4O5S. The number of rotatable bonds is 8. The number of methoxy groups -OCH3 is 2. The van der Waals surface area contributed by atoms with Gasteiger partial charge in [0.05, 0.1) is 36.8 Å². The Morgan fingerprint density at radius 2 is 1.82 bits per heavy atom. The fraction of sp³-hybridized carbons (Fsp3) is 0.227. The maximum Gasteiger partial charge on any atom is 0.339 e. The van der Waals surface area contributed by atoms with Gasteiger partial charge in [-0.05, 0) is 37.3 Å². The van der Waals surface area contributed by atoms with Crippen LogP contribution in [-0.4, -0.2) is 52.6 Å². The molecule has 0 unspecified atom stereocenters. The molecule has 0 aliphatic carbocycles. The average Bonchev–Trinajstić information content (AvgIpc) is 3.24. The number of aromatic nitrogens is 3. The van der Waals surface area contributed by atoms with Gasteiger partial charge in [0, 0.05) is 17.1 Å². The number of nitrogens with zero attached hydrogens (tertiary/aromatic N) is 3. The molecule has 9 nitrogen and oxygen atoms in total. The lowest BCUT2D eigenvalue weighted by Gasteiger charge is -2.11. The van der Waals surface area contributed by atoms with Gasteiger partial charge in [0.1, 0.15) is 0 Å². The van der Waals surface area contributed by atoms with Crippen LogP contribution >= 0.6 is 23.4 Å². The summed E-state index contributed by atoms with van der Waals surface area (Å²) in [6.45, 7) is 2.54. The van der Waals surface area contributed by atoms with Crippen molar-refractivity contribution in [1.29, 1.82) is 0 Å². The van der Waals surface area contributed by atoms with Crippen LogP contribution in [0.4, 0.5) is 5.69 Å². The fourth-order valence-electron chi connectivity index (χ4n) is 3.02. The van der Waals surface area contributed by atoms with Crippen LogP contribution in [-0.2, 0) is 20.8 Å². The number of esters is 2. The van der Waals surface area contributed by atoms with Crippen molar-refractivity contribution in [1.82, 2.24) is 14.8 Å². The molecule has 0 aliphatic rings. The first kappa shape index (κ1) is 24.3. The first-order valence-corrected chi connectivity index (χ1v) is 11.2. The lowest BCUT2D eigenvalue weighted by molar-refractivity contribution is -0.113. The molecule has 3 rings (SSSR count). The predicted octanol–water partition coefficient (Wildman–Crippen LogP) is 3.92. The van der Waals surface area contributed by atoms with Gasteiger partial charge in [0.2, 0.25) is 5.91 Å². The van der Waals surface area contributed by atoms with Crippen LogP contribution in [0.15, 0.2) is 47.6 Å². The van der Waals surface area contributed by atoms with E-state index in [0.717, 1.165) is 5.56 Å². The van der Waals surface area contributed by atoms with E-state index in [9.17, 15) is 14.4 Å². The normalized spacial score (nSPS) is 10.5. The number of carbonyl (C=O) groups is 3. The molecule has 0 aliphatic heterocycles. The first-order chi connectivity index (χ1) is 15.9. The molecule has 11 heteroatoms. The summed E-state index contributed by atoms with van der Waals surface area (Å²) in [6.07, 6.45) is 0. The van der Waals surface area contributed by atoms with Gasteiger partial charge in [0.25, 0.3) is 0 Å². The smallest absolute Gasteiger partial charge is 0.339 e. The number of thioether (sulfide) groups is 1. The predicted molar refractivity (Wildman–Crippen MR) is 125 cm³/mol. The number of nitrogens with one attached hydrogen (secondary N) is 1. The van der Waals surface area contributed by atoms with Crippen LogP contribution < -0.4 is 5.32 Å². The zero-order chi connectivity index (χ0) is 24.0. The lowest BCUT2D eigenvalue weighted by atomic mass is 10.1. The molecule has 0 fully saturated rings. The number of hydrogen-bond donors (Lipinski definition) is 1. The minimum atomic E-state index is -0.647. The molecule has 0 atom stereocenters. The second kappa shape index (κ2) is 11.0. The largest absolute Gasteiger partial charge is 0.465 e. The maximum atomic E-state index is 12.6. The zero-order valence-electron chi connectivity index (χ0n) is 18.1. The molecule has 1 N–H and O–H groups in total. The van der Waals surface area contributed by atoms with Gasteiger partial charge >= 0.3 is 11.9 Å². The molecule has 1 heterocycles. The van der Waals surface area contributed by atoms with E-state index in [0.29, 0.717) is 22.5 Å². The van der Waals surface area contributed by atoms with Crippen molar-refractivity contribution in [2.24, 2.45) is 0 Å². The molecule has 0 saturated heterocycles. The molecule has 0 bridgehead atoms. The average molecular weight is 489 g/mol. The Morgan fingerprint density at radius 1 is 1.06 bits per heavy atom. The van der Waals surface area contributed by atoms with Crippen LogP contribution in [0, 0.1) is 0 Å². The van der Waals surface area contributed by atoms with E-state index in [1.807, 2.05) is 23.6 Å². The summed E-state index contributed by atoms with van der Waals surface area (Å²) in [7, 11) is 2.47. The highest BCUT2D eigenvalue weighted by Crippen LogP contribution is 2.26. The molecule has 0 spiro atoms. The molecule has 1 aromatic heterocycles. The number of halogens is 1. The lowest BCUT2D eigenvalue weighted by Crippen LogP contribution is -2.18. The number of carbonyl (C=O) groups excluding carboxylic acids is 3. The van der Waals surface area contributed by atoms with Gasteiger partial charge in [-0.25, -0.2) is 9.59 Å². The van der Waals surface area contributed by atoms with E-state index < -0.39 is 17.8 Å². The van der Waals surface area contributed by atoms with Gasteiger partial charge in [-0.15, -0.1) is 10.2 Å². The summed E-state index contributed by atoms with van der Waals surface area (Å²) in [5.74, 6) is -1.01. The van der Waals surface area contributed by atoms with Crippen LogP contribution in [0.1, 0.15) is 27.6 Å². The van der Waals surface area contributed by atoms with Crippen molar-refractivity contribution in [2.75, 3.05) is 25.3 Å². The Bertz CT molecular complexity index is 1200. The summed E-state index contributed by atoms with van der Waals surface area (Å²) in [4.78, 5) is 36.6. The fourth-order valence-corrected chi connectivity index (χ4v) is 4.01. The third kappa shape index (κ3) is 5.71. The Morgan fingerprint density at radius 3 is 2.48 bits per heavy atom. The van der Waals surface area contributed by atoms with Crippen LogP contribution in [0.5, 0.6) is 0 Å². The third-order valence-electron chi connectivity index (χ3n) is 4.57. The standard InChI is InChI=1S/C22H21ClN4O5S/c1-4-27-19(13-6-5-7-15(23)10-13)25-26-22(27)33-12-18(28)24-17-11-14(20(29)31-2)8-9-16(17)21(30)32-3/h5-11H,4,12H2,1-3H3,(H,24,28). The van der Waals surface area contributed by atoms with E-state index in [2.05, 4.69) is 15.5 Å². The minimum Gasteiger partial charge on any atom is -0.465 e. The number of amides is 1. The van der Waals surface area contributed by atoms with Crippen molar-refractivity contribution in [3.63, 3.8) is 0 Å². The minimum absolute atomic E-state index is 0.00323. The van der Waals surface area contributed by atoms with E-state index in [1.165, 1.54) is 44.2 Å². The highest BCUT2D eigenvalue weighted by atomic mass is 35.5. The molecular weight excluding hydrogens is 468 g/mol. The molecule has 33 heavy (non-hydrogen) atoms. The quantitative estimate of drug-likeness (QED) is 0.375. The molecule has 3 aromatic rings. The molecule has 172 valence electrons. The van der Waals surface area contributed by atoms with E-state index in [4.69, 9.17) is 21.1 Å². The molecule has 0 saturated carbocycles. The topological polar surface area (TPSA) is 112 Å². The Balaban J connectivity index is 1.77. The van der Waals surface area contributed by atoms with Gasteiger partial charge in [0.15, 0.2) is 11.0 Å². The summed E-state index contributed by atoms with van der Waals surface area (Å²) in [5.41, 5.74) is 1.26. The highest BCUT2D eigenvalue weighted by molar-refractivity contribution is 7.99. The van der Waals surface area contributed by atoms with Crippen LogP contribution in [0.3, 0.4) is 0 Å². The molecule has 2 aromatic carbocycles. The van der Waals surface area contributed by atoms with Gasteiger partial charge in [-0.3, -0.25) is 4.79 Å². The van der Waals surface area contributed by atoms with Crippen molar-refractivity contribution in [2.45, 2.75) is 18.6 Å². The zero-order valence-corrected chi connectivity index (χ0v) is 19.7.